The van der Waals surface area contributed by atoms with Crippen LogP contribution in [-0.2, 0) is 14.3 Å². The zero-order valence-electron chi connectivity index (χ0n) is 10.6. The topological polar surface area (TPSA) is 76.8 Å². The van der Waals surface area contributed by atoms with Crippen LogP contribution in [0.2, 0.25) is 0 Å². The number of methoxy groups -OCH3 is 1. The largest absolute Gasteiger partial charge is 0.468 e. The Kier molecular flexibility index (Phi) is 4.41. The van der Waals surface area contributed by atoms with Crippen molar-refractivity contribution >= 4 is 35.0 Å². The third kappa shape index (κ3) is 3.18. The summed E-state index contributed by atoms with van der Waals surface area (Å²) >= 11 is 0.780. The second-order valence-corrected chi connectivity index (χ2v) is 4.73. The molecule has 7 heteroatoms. The third-order valence-corrected chi connectivity index (χ3v) is 3.37. The van der Waals surface area contributed by atoms with E-state index in [1.54, 1.807) is 24.3 Å². The second-order valence-electron chi connectivity index (χ2n) is 3.74. The average Bonchev–Trinajstić information content (AvgIpc) is 3.03. The van der Waals surface area contributed by atoms with Gasteiger partial charge in [-0.05, 0) is 36.0 Å². The smallest absolute Gasteiger partial charge is 0.325 e. The van der Waals surface area contributed by atoms with Crippen LogP contribution in [0.25, 0.3) is 6.08 Å². The van der Waals surface area contributed by atoms with Gasteiger partial charge in [0.05, 0.1) is 18.3 Å². The first kappa shape index (κ1) is 14.1. The van der Waals surface area contributed by atoms with Crippen molar-refractivity contribution in [2.24, 2.45) is 0 Å². The van der Waals surface area contributed by atoms with E-state index >= 15 is 0 Å². The number of amides is 2. The molecule has 104 valence electrons. The number of allylic oxidation sites excluding steroid dienone is 2. The molecule has 0 atom stereocenters. The number of carbonyl (C=O) groups is 3. The molecule has 1 aromatic heterocycles. The summed E-state index contributed by atoms with van der Waals surface area (Å²) in [7, 11) is 1.20. The summed E-state index contributed by atoms with van der Waals surface area (Å²) in [4.78, 5) is 35.7. The molecule has 1 aliphatic rings. The lowest BCUT2D eigenvalue weighted by Crippen LogP contribution is -2.34. The fraction of sp³-hybridized carbons (Fsp3) is 0.154. The highest BCUT2D eigenvalue weighted by Crippen LogP contribution is 2.30. The highest BCUT2D eigenvalue weighted by atomic mass is 32.2. The first-order valence-electron chi connectivity index (χ1n) is 5.64. The van der Waals surface area contributed by atoms with Crippen LogP contribution in [0.5, 0.6) is 0 Å². The summed E-state index contributed by atoms with van der Waals surface area (Å²) in [5.74, 6) is -0.510. The van der Waals surface area contributed by atoms with Gasteiger partial charge in [0.1, 0.15) is 12.3 Å². The molecule has 2 heterocycles. The van der Waals surface area contributed by atoms with E-state index in [9.17, 15) is 14.4 Å². The van der Waals surface area contributed by atoms with Gasteiger partial charge < -0.3 is 9.15 Å². The van der Waals surface area contributed by atoms with E-state index < -0.39 is 17.1 Å². The molecule has 0 aromatic carbocycles. The second kappa shape index (κ2) is 6.25. The Balaban J connectivity index is 2.05. The van der Waals surface area contributed by atoms with Crippen molar-refractivity contribution in [3.05, 3.63) is 41.2 Å². The number of carbonyl (C=O) groups excluding carboxylic acids is 3. The summed E-state index contributed by atoms with van der Waals surface area (Å²) in [5.41, 5.74) is 0. The number of nitrogens with zero attached hydrogens (tertiary/aromatic N) is 1. The van der Waals surface area contributed by atoms with Gasteiger partial charge >= 0.3 is 5.97 Å². The van der Waals surface area contributed by atoms with Gasteiger partial charge in [-0.2, -0.15) is 0 Å². The molecular formula is C13H11NO5S. The maximum atomic E-state index is 11.9. The number of furan rings is 1. The predicted octanol–water partition coefficient (Wildman–Crippen LogP) is 2.05. The molecule has 0 saturated carbocycles. The molecular weight excluding hydrogens is 282 g/mol. The van der Waals surface area contributed by atoms with Crippen molar-refractivity contribution < 1.29 is 23.5 Å². The Bertz CT molecular complexity index is 588. The normalized spacial score (nSPS) is 17.4. The minimum Gasteiger partial charge on any atom is -0.468 e. The van der Waals surface area contributed by atoms with Crippen LogP contribution in [-0.4, -0.2) is 35.7 Å². The maximum Gasteiger partial charge on any atom is 0.325 e. The summed E-state index contributed by atoms with van der Waals surface area (Å²) < 4.78 is 9.52. The summed E-state index contributed by atoms with van der Waals surface area (Å²) in [5, 5.41) is -0.488. The predicted molar refractivity (Wildman–Crippen MR) is 72.5 cm³/mol. The van der Waals surface area contributed by atoms with E-state index in [2.05, 4.69) is 4.74 Å². The Labute approximate surface area is 119 Å². The SMILES string of the molecule is COC(=O)CN1C(=O)S/C(=C\C=C\c2ccco2)C1=O. The lowest BCUT2D eigenvalue weighted by Gasteiger charge is -2.09. The van der Waals surface area contributed by atoms with Crippen molar-refractivity contribution in [1.29, 1.82) is 0 Å². The minimum atomic E-state index is -0.639. The van der Waals surface area contributed by atoms with Gasteiger partial charge in [0.2, 0.25) is 0 Å². The molecule has 6 nitrogen and oxygen atoms in total. The third-order valence-electron chi connectivity index (χ3n) is 2.44. The summed E-state index contributed by atoms with van der Waals surface area (Å²) in [6, 6.07) is 3.50. The molecule has 0 bridgehead atoms. The standard InChI is InChI=1S/C13H11NO5S/c1-18-11(15)8-14-12(16)10(20-13(14)17)6-2-4-9-5-3-7-19-9/h2-7H,8H2,1H3/b4-2+,10-6-. The quantitative estimate of drug-likeness (QED) is 0.624. The van der Waals surface area contributed by atoms with Gasteiger partial charge in [0.15, 0.2) is 0 Å². The number of hydrogen-bond donors (Lipinski definition) is 0. The van der Waals surface area contributed by atoms with E-state index in [1.807, 2.05) is 0 Å². The summed E-state index contributed by atoms with van der Waals surface area (Å²) in [6.45, 7) is -0.375. The monoisotopic (exact) mass is 293 g/mol. The first-order valence-corrected chi connectivity index (χ1v) is 6.46. The van der Waals surface area contributed by atoms with Gasteiger partial charge in [-0.1, -0.05) is 6.08 Å². The van der Waals surface area contributed by atoms with Gasteiger partial charge in [-0.3, -0.25) is 19.3 Å². The maximum absolute atomic E-state index is 11.9. The fourth-order valence-electron chi connectivity index (χ4n) is 1.46. The number of hydrogen-bond acceptors (Lipinski definition) is 6. The Morgan fingerprint density at radius 2 is 2.30 bits per heavy atom. The highest BCUT2D eigenvalue weighted by molar-refractivity contribution is 8.18. The molecule has 1 saturated heterocycles. The van der Waals surface area contributed by atoms with E-state index in [0.29, 0.717) is 5.76 Å². The Morgan fingerprint density at radius 1 is 1.50 bits per heavy atom. The zero-order chi connectivity index (χ0) is 14.5. The van der Waals surface area contributed by atoms with Crippen LogP contribution in [0.3, 0.4) is 0 Å². The number of ether oxygens (including phenoxy) is 1. The van der Waals surface area contributed by atoms with Crippen LogP contribution >= 0.6 is 11.8 Å². The minimum absolute atomic E-state index is 0.252. The molecule has 0 N–H and O–H groups in total. The van der Waals surface area contributed by atoms with Gasteiger partial charge in [-0.25, -0.2) is 0 Å². The number of rotatable bonds is 4. The molecule has 0 radical (unpaired) electrons. The van der Waals surface area contributed by atoms with Crippen molar-refractivity contribution in [1.82, 2.24) is 4.90 Å². The van der Waals surface area contributed by atoms with Crippen molar-refractivity contribution in [2.75, 3.05) is 13.7 Å². The first-order chi connectivity index (χ1) is 9.61. The summed E-state index contributed by atoms with van der Waals surface area (Å²) in [6.07, 6.45) is 6.30. The van der Waals surface area contributed by atoms with Crippen molar-refractivity contribution in [3.63, 3.8) is 0 Å². The van der Waals surface area contributed by atoms with Crippen LogP contribution < -0.4 is 0 Å². The van der Waals surface area contributed by atoms with Gasteiger partial charge in [0, 0.05) is 0 Å². The molecule has 0 unspecified atom stereocenters. The van der Waals surface area contributed by atoms with Crippen LogP contribution in [0.1, 0.15) is 5.76 Å². The molecule has 1 aliphatic heterocycles. The van der Waals surface area contributed by atoms with Crippen molar-refractivity contribution in [2.45, 2.75) is 0 Å². The van der Waals surface area contributed by atoms with Crippen molar-refractivity contribution in [3.8, 4) is 0 Å². The van der Waals surface area contributed by atoms with E-state index in [4.69, 9.17) is 4.42 Å². The number of esters is 1. The Hall–Kier alpha value is -2.28. The lowest BCUT2D eigenvalue weighted by atomic mass is 10.3. The average molecular weight is 293 g/mol. The number of imide groups is 1. The zero-order valence-corrected chi connectivity index (χ0v) is 11.4. The lowest BCUT2D eigenvalue weighted by molar-refractivity contribution is -0.143. The fourth-order valence-corrected chi connectivity index (χ4v) is 2.25. The molecule has 20 heavy (non-hydrogen) atoms. The molecule has 1 aromatic rings. The molecule has 0 spiro atoms. The van der Waals surface area contributed by atoms with Gasteiger partial charge in [-0.15, -0.1) is 0 Å². The molecule has 0 aliphatic carbocycles. The van der Waals surface area contributed by atoms with E-state index in [-0.39, 0.29) is 11.4 Å². The van der Waals surface area contributed by atoms with E-state index in [1.165, 1.54) is 19.4 Å². The molecule has 1 fully saturated rings. The van der Waals surface area contributed by atoms with Crippen LogP contribution in [0, 0.1) is 0 Å². The highest BCUT2D eigenvalue weighted by Gasteiger charge is 2.36. The van der Waals surface area contributed by atoms with Gasteiger partial charge in [0.25, 0.3) is 11.1 Å². The van der Waals surface area contributed by atoms with Crippen LogP contribution in [0.4, 0.5) is 4.79 Å². The number of thioether (sulfide) groups is 1. The Morgan fingerprint density at radius 3 is 2.95 bits per heavy atom. The molecule has 2 amide bonds. The van der Waals surface area contributed by atoms with Crippen LogP contribution in [0.15, 0.2) is 39.9 Å². The van der Waals surface area contributed by atoms with E-state index in [0.717, 1.165) is 16.7 Å². The molecule has 2 rings (SSSR count).